The summed E-state index contributed by atoms with van der Waals surface area (Å²) < 4.78 is 22.0. The molecule has 0 aliphatic heterocycles. The summed E-state index contributed by atoms with van der Waals surface area (Å²) in [7, 11) is 4.88. The van der Waals surface area contributed by atoms with Crippen LogP contribution in [0.5, 0.6) is 23.0 Å². The number of para-hydroxylation sites is 2. The summed E-state index contributed by atoms with van der Waals surface area (Å²) in [5, 5.41) is 0. The number of benzene rings is 2. The second kappa shape index (κ2) is 8.11. The van der Waals surface area contributed by atoms with Crippen LogP contribution >= 0.6 is 15.9 Å². The molecule has 0 amide bonds. The minimum absolute atomic E-state index is 0.00721. The van der Waals surface area contributed by atoms with Gasteiger partial charge in [-0.1, -0.05) is 34.1 Å². The van der Waals surface area contributed by atoms with Crippen molar-refractivity contribution >= 4 is 15.9 Å². The quantitative estimate of drug-likeness (QED) is 0.656. The average molecular weight is 381 g/mol. The fourth-order valence-corrected chi connectivity index (χ4v) is 2.66. The Hall–Kier alpha value is -1.88. The van der Waals surface area contributed by atoms with Crippen LogP contribution in [0.1, 0.15) is 17.3 Å². The molecule has 4 nitrogen and oxygen atoms in total. The molecule has 0 bridgehead atoms. The molecule has 0 fully saturated rings. The lowest BCUT2D eigenvalue weighted by Gasteiger charge is -2.22. The minimum Gasteiger partial charge on any atom is -0.493 e. The first-order chi connectivity index (χ1) is 11.1. The SMILES string of the molecule is COc1ccc([C@H](Br)[C@@H](C)Oc2ccccc2OC)cc1OC. The van der Waals surface area contributed by atoms with Gasteiger partial charge < -0.3 is 18.9 Å². The van der Waals surface area contributed by atoms with Crippen molar-refractivity contribution in [2.45, 2.75) is 17.9 Å². The van der Waals surface area contributed by atoms with Crippen molar-refractivity contribution in [2.75, 3.05) is 21.3 Å². The highest BCUT2D eigenvalue weighted by Crippen LogP contribution is 2.37. The van der Waals surface area contributed by atoms with E-state index in [9.17, 15) is 0 Å². The molecule has 0 aliphatic rings. The molecule has 0 spiro atoms. The van der Waals surface area contributed by atoms with E-state index in [1.807, 2.05) is 49.4 Å². The van der Waals surface area contributed by atoms with E-state index in [1.54, 1.807) is 21.3 Å². The molecule has 23 heavy (non-hydrogen) atoms. The van der Waals surface area contributed by atoms with Gasteiger partial charge >= 0.3 is 0 Å². The molecule has 0 aliphatic carbocycles. The van der Waals surface area contributed by atoms with E-state index < -0.39 is 0 Å². The number of ether oxygens (including phenoxy) is 4. The molecule has 2 atom stereocenters. The molecule has 0 radical (unpaired) electrons. The third-order valence-electron chi connectivity index (χ3n) is 3.52. The number of methoxy groups -OCH3 is 3. The molecule has 5 heteroatoms. The summed E-state index contributed by atoms with van der Waals surface area (Å²) in [5.74, 6) is 2.83. The van der Waals surface area contributed by atoms with Crippen LogP contribution in [0.2, 0.25) is 0 Å². The van der Waals surface area contributed by atoms with Crippen LogP contribution in [-0.4, -0.2) is 27.4 Å². The van der Waals surface area contributed by atoms with Gasteiger partial charge in [-0.15, -0.1) is 0 Å². The maximum Gasteiger partial charge on any atom is 0.161 e. The van der Waals surface area contributed by atoms with Gasteiger partial charge in [0.25, 0.3) is 0 Å². The van der Waals surface area contributed by atoms with Gasteiger partial charge in [0, 0.05) is 0 Å². The summed E-state index contributed by atoms with van der Waals surface area (Å²) in [6.45, 7) is 2.00. The highest BCUT2D eigenvalue weighted by atomic mass is 79.9. The van der Waals surface area contributed by atoms with Gasteiger partial charge in [-0.05, 0) is 36.8 Å². The predicted molar refractivity (Wildman–Crippen MR) is 94.3 cm³/mol. The second-order valence-corrected chi connectivity index (χ2v) is 5.98. The largest absolute Gasteiger partial charge is 0.493 e. The second-order valence-electron chi connectivity index (χ2n) is 4.99. The van der Waals surface area contributed by atoms with Gasteiger partial charge in [-0.2, -0.15) is 0 Å². The molecule has 0 saturated carbocycles. The molecule has 0 unspecified atom stereocenters. The lowest BCUT2D eigenvalue weighted by molar-refractivity contribution is 0.210. The summed E-state index contributed by atoms with van der Waals surface area (Å²) in [4.78, 5) is -0.00721. The van der Waals surface area contributed by atoms with Gasteiger partial charge in [0.2, 0.25) is 0 Å². The Kier molecular flexibility index (Phi) is 6.16. The fraction of sp³-hybridized carbons (Fsp3) is 0.333. The monoisotopic (exact) mass is 380 g/mol. The average Bonchev–Trinajstić information content (AvgIpc) is 2.60. The van der Waals surface area contributed by atoms with E-state index in [-0.39, 0.29) is 10.9 Å². The topological polar surface area (TPSA) is 36.9 Å². The van der Waals surface area contributed by atoms with Crippen LogP contribution in [0.3, 0.4) is 0 Å². The van der Waals surface area contributed by atoms with Gasteiger partial charge in [0.1, 0.15) is 6.10 Å². The number of rotatable bonds is 7. The minimum atomic E-state index is -0.107. The predicted octanol–water partition coefficient (Wildman–Crippen LogP) is 4.62. The zero-order valence-corrected chi connectivity index (χ0v) is 15.3. The van der Waals surface area contributed by atoms with Crippen molar-refractivity contribution in [1.82, 2.24) is 0 Å². The first-order valence-electron chi connectivity index (χ1n) is 7.26. The number of alkyl halides is 1. The molecule has 124 valence electrons. The van der Waals surface area contributed by atoms with Crippen LogP contribution in [-0.2, 0) is 0 Å². The normalized spacial score (nSPS) is 13.1. The van der Waals surface area contributed by atoms with E-state index in [0.717, 1.165) is 5.56 Å². The van der Waals surface area contributed by atoms with E-state index in [1.165, 1.54) is 0 Å². The van der Waals surface area contributed by atoms with Crippen LogP contribution in [0.4, 0.5) is 0 Å². The molecular formula is C18H21BrO4. The third-order valence-corrected chi connectivity index (χ3v) is 4.79. The molecule has 0 aromatic heterocycles. The molecule has 0 N–H and O–H groups in total. The summed E-state index contributed by atoms with van der Waals surface area (Å²) >= 11 is 3.70. The highest BCUT2D eigenvalue weighted by Gasteiger charge is 2.20. The van der Waals surface area contributed by atoms with Crippen molar-refractivity contribution in [3.8, 4) is 23.0 Å². The fourth-order valence-electron chi connectivity index (χ4n) is 2.27. The molecule has 2 aromatic rings. The van der Waals surface area contributed by atoms with Crippen molar-refractivity contribution < 1.29 is 18.9 Å². The summed E-state index contributed by atoms with van der Waals surface area (Å²) in [6, 6.07) is 13.4. The number of hydrogen-bond donors (Lipinski definition) is 0. The number of halogens is 1. The highest BCUT2D eigenvalue weighted by molar-refractivity contribution is 9.09. The Balaban J connectivity index is 2.17. The van der Waals surface area contributed by atoms with Gasteiger partial charge in [-0.25, -0.2) is 0 Å². The molecule has 0 saturated heterocycles. The van der Waals surface area contributed by atoms with Gasteiger partial charge in [0.15, 0.2) is 23.0 Å². The standard InChI is InChI=1S/C18H21BrO4/c1-12(23-16-8-6-5-7-14(16)20-2)18(19)13-9-10-15(21-3)17(11-13)22-4/h5-12,18H,1-4H3/t12-,18-/m1/s1. The van der Waals surface area contributed by atoms with E-state index >= 15 is 0 Å². The zero-order chi connectivity index (χ0) is 16.8. The van der Waals surface area contributed by atoms with Gasteiger partial charge in [-0.3, -0.25) is 0 Å². The Labute approximate surface area is 145 Å². The first kappa shape index (κ1) is 17.5. The van der Waals surface area contributed by atoms with Crippen molar-refractivity contribution in [3.63, 3.8) is 0 Å². The zero-order valence-electron chi connectivity index (χ0n) is 13.7. The summed E-state index contributed by atoms with van der Waals surface area (Å²) in [5.41, 5.74) is 1.05. The summed E-state index contributed by atoms with van der Waals surface area (Å²) in [6.07, 6.45) is -0.107. The van der Waals surface area contributed by atoms with Crippen LogP contribution in [0, 0.1) is 0 Å². The van der Waals surface area contributed by atoms with Crippen LogP contribution in [0.15, 0.2) is 42.5 Å². The Morgan fingerprint density at radius 2 is 1.35 bits per heavy atom. The Bertz CT molecular complexity index is 645. The van der Waals surface area contributed by atoms with Crippen molar-refractivity contribution in [2.24, 2.45) is 0 Å². The Morgan fingerprint density at radius 1 is 0.783 bits per heavy atom. The maximum absolute atomic E-state index is 6.04. The van der Waals surface area contributed by atoms with Gasteiger partial charge in [0.05, 0.1) is 26.2 Å². The van der Waals surface area contributed by atoms with E-state index in [4.69, 9.17) is 18.9 Å². The van der Waals surface area contributed by atoms with Crippen LogP contribution < -0.4 is 18.9 Å². The molecule has 0 heterocycles. The lowest BCUT2D eigenvalue weighted by Crippen LogP contribution is -2.18. The molecule has 2 aromatic carbocycles. The molecular weight excluding hydrogens is 360 g/mol. The Morgan fingerprint density at radius 3 is 1.96 bits per heavy atom. The molecule has 2 rings (SSSR count). The van der Waals surface area contributed by atoms with E-state index in [2.05, 4.69) is 15.9 Å². The van der Waals surface area contributed by atoms with Crippen molar-refractivity contribution in [1.29, 1.82) is 0 Å². The smallest absolute Gasteiger partial charge is 0.161 e. The lowest BCUT2D eigenvalue weighted by atomic mass is 10.1. The third kappa shape index (κ3) is 4.10. The first-order valence-corrected chi connectivity index (χ1v) is 8.18. The van der Waals surface area contributed by atoms with Crippen molar-refractivity contribution in [3.05, 3.63) is 48.0 Å². The van der Waals surface area contributed by atoms with Crippen LogP contribution in [0.25, 0.3) is 0 Å². The number of hydrogen-bond acceptors (Lipinski definition) is 4. The van der Waals surface area contributed by atoms with E-state index in [0.29, 0.717) is 23.0 Å². The maximum atomic E-state index is 6.04.